The number of hydrogen-bond acceptors (Lipinski definition) is 1. The molecule has 0 aromatic rings. The molecule has 1 nitrogen and oxygen atoms in total. The van der Waals surface area contributed by atoms with E-state index in [0.717, 1.165) is 0 Å². The van der Waals surface area contributed by atoms with Crippen molar-refractivity contribution in [2.75, 3.05) is 0 Å². The summed E-state index contributed by atoms with van der Waals surface area (Å²) in [4.78, 5) is 0. The summed E-state index contributed by atoms with van der Waals surface area (Å²) in [6, 6.07) is 1.98. The van der Waals surface area contributed by atoms with Gasteiger partial charge in [0.15, 0.2) is 0 Å². The maximum absolute atomic E-state index is 8.15. The van der Waals surface area contributed by atoms with Gasteiger partial charge in [-0.2, -0.15) is 5.26 Å². The Morgan fingerprint density at radius 1 is 1.67 bits per heavy atom. The third kappa shape index (κ3) is 5.10. The van der Waals surface area contributed by atoms with Gasteiger partial charge in [0.25, 0.3) is 0 Å². The molecular weight excluding hydrogens is 110 g/mol. The van der Waals surface area contributed by atoms with E-state index < -0.39 is 0 Å². The topological polar surface area (TPSA) is 23.8 Å². The van der Waals surface area contributed by atoms with E-state index in [0.29, 0.717) is 5.92 Å². The molecule has 0 fully saturated rings. The number of rotatable bonds is 3. The highest BCUT2D eigenvalue weighted by atomic mass is 14.2. The molecule has 1 atom stereocenters. The molecule has 1 heteroatoms. The number of allylic oxidation sites excluding steroid dienone is 2. The van der Waals surface area contributed by atoms with Crippen LogP contribution in [0.15, 0.2) is 12.2 Å². The second-order valence-corrected chi connectivity index (χ2v) is 2.25. The van der Waals surface area contributed by atoms with Crippen molar-refractivity contribution < 1.29 is 0 Å². The summed E-state index contributed by atoms with van der Waals surface area (Å²) in [5, 5.41) is 8.15. The SMILES string of the molecule is CCCC(C)C=CC#N. The number of hydrogen-bond donors (Lipinski definition) is 0. The van der Waals surface area contributed by atoms with Crippen molar-refractivity contribution in [3.63, 3.8) is 0 Å². The Bertz CT molecular complexity index is 119. The minimum absolute atomic E-state index is 0.564. The van der Waals surface area contributed by atoms with Crippen LogP contribution in [-0.2, 0) is 0 Å². The molecule has 0 bridgehead atoms. The van der Waals surface area contributed by atoms with E-state index in [-0.39, 0.29) is 0 Å². The van der Waals surface area contributed by atoms with Crippen molar-refractivity contribution in [2.24, 2.45) is 5.92 Å². The molecule has 0 aromatic heterocycles. The zero-order chi connectivity index (χ0) is 7.11. The van der Waals surface area contributed by atoms with Gasteiger partial charge in [0.1, 0.15) is 0 Å². The fourth-order valence-electron chi connectivity index (χ4n) is 0.759. The Morgan fingerprint density at radius 3 is 2.78 bits per heavy atom. The van der Waals surface area contributed by atoms with Crippen molar-refractivity contribution >= 4 is 0 Å². The van der Waals surface area contributed by atoms with Crippen molar-refractivity contribution in [3.8, 4) is 6.07 Å². The second kappa shape index (κ2) is 5.37. The van der Waals surface area contributed by atoms with Gasteiger partial charge < -0.3 is 0 Å². The number of nitrogens with zero attached hydrogens (tertiary/aromatic N) is 1. The standard InChI is InChI=1S/C8H13N/c1-3-5-8(2)6-4-7-9/h4,6,8H,3,5H2,1-2H3. The van der Waals surface area contributed by atoms with Crippen LogP contribution in [0.5, 0.6) is 0 Å². The third-order valence-electron chi connectivity index (χ3n) is 1.24. The van der Waals surface area contributed by atoms with Gasteiger partial charge in [-0.3, -0.25) is 0 Å². The molecule has 50 valence electrons. The molecule has 0 N–H and O–H groups in total. The quantitative estimate of drug-likeness (QED) is 0.529. The van der Waals surface area contributed by atoms with Crippen LogP contribution in [0.4, 0.5) is 0 Å². The Morgan fingerprint density at radius 2 is 2.33 bits per heavy atom. The van der Waals surface area contributed by atoms with Crippen LogP contribution in [-0.4, -0.2) is 0 Å². The van der Waals surface area contributed by atoms with Gasteiger partial charge in [-0.15, -0.1) is 0 Å². The first-order valence-electron chi connectivity index (χ1n) is 3.37. The summed E-state index contributed by atoms with van der Waals surface area (Å²) in [5.74, 6) is 0.564. The minimum Gasteiger partial charge on any atom is -0.193 e. The summed E-state index contributed by atoms with van der Waals surface area (Å²) in [6.07, 6.45) is 5.87. The lowest BCUT2D eigenvalue weighted by Crippen LogP contribution is -1.85. The highest BCUT2D eigenvalue weighted by Crippen LogP contribution is 2.05. The predicted molar refractivity (Wildman–Crippen MR) is 38.8 cm³/mol. The zero-order valence-electron chi connectivity index (χ0n) is 6.09. The van der Waals surface area contributed by atoms with Gasteiger partial charge in [0.05, 0.1) is 6.07 Å². The molecule has 0 rings (SSSR count). The molecule has 0 saturated heterocycles. The molecular formula is C8H13N. The van der Waals surface area contributed by atoms with Crippen LogP contribution in [0.3, 0.4) is 0 Å². The maximum atomic E-state index is 8.15. The molecule has 1 unspecified atom stereocenters. The molecule has 0 aliphatic rings. The Balaban J connectivity index is 3.39. The van der Waals surface area contributed by atoms with E-state index in [9.17, 15) is 0 Å². The van der Waals surface area contributed by atoms with Crippen LogP contribution in [0.25, 0.3) is 0 Å². The van der Waals surface area contributed by atoms with E-state index in [2.05, 4.69) is 13.8 Å². The van der Waals surface area contributed by atoms with E-state index in [1.165, 1.54) is 12.8 Å². The molecule has 0 spiro atoms. The summed E-state index contributed by atoms with van der Waals surface area (Å²) < 4.78 is 0. The van der Waals surface area contributed by atoms with Crippen molar-refractivity contribution in [1.82, 2.24) is 0 Å². The Kier molecular flexibility index (Phi) is 4.91. The van der Waals surface area contributed by atoms with E-state index in [4.69, 9.17) is 5.26 Å². The highest BCUT2D eigenvalue weighted by molar-refractivity contribution is 5.03. The van der Waals surface area contributed by atoms with Gasteiger partial charge in [-0.05, 0) is 12.3 Å². The van der Waals surface area contributed by atoms with E-state index >= 15 is 0 Å². The maximum Gasteiger partial charge on any atom is 0.0908 e. The van der Waals surface area contributed by atoms with Crippen molar-refractivity contribution in [2.45, 2.75) is 26.7 Å². The molecule has 0 radical (unpaired) electrons. The average Bonchev–Trinajstić information content (AvgIpc) is 1.85. The van der Waals surface area contributed by atoms with Crippen LogP contribution in [0, 0.1) is 17.2 Å². The first-order chi connectivity index (χ1) is 4.31. The van der Waals surface area contributed by atoms with Gasteiger partial charge in [0, 0.05) is 6.08 Å². The monoisotopic (exact) mass is 123 g/mol. The molecule has 0 aliphatic heterocycles. The fraction of sp³-hybridized carbons (Fsp3) is 0.625. The fourth-order valence-corrected chi connectivity index (χ4v) is 0.759. The molecule has 0 amide bonds. The second-order valence-electron chi connectivity index (χ2n) is 2.25. The first-order valence-corrected chi connectivity index (χ1v) is 3.37. The summed E-state index contributed by atoms with van der Waals surface area (Å²) in [6.45, 7) is 4.27. The van der Waals surface area contributed by atoms with Crippen LogP contribution < -0.4 is 0 Å². The average molecular weight is 123 g/mol. The van der Waals surface area contributed by atoms with Gasteiger partial charge in [0.2, 0.25) is 0 Å². The summed E-state index contributed by atoms with van der Waals surface area (Å²) in [5.41, 5.74) is 0. The smallest absolute Gasteiger partial charge is 0.0908 e. The molecule has 0 saturated carbocycles. The largest absolute Gasteiger partial charge is 0.193 e. The van der Waals surface area contributed by atoms with Crippen LogP contribution in [0.1, 0.15) is 26.7 Å². The van der Waals surface area contributed by atoms with Crippen LogP contribution in [0.2, 0.25) is 0 Å². The normalized spacial score (nSPS) is 13.4. The summed E-state index contributed by atoms with van der Waals surface area (Å²) in [7, 11) is 0. The minimum atomic E-state index is 0.564. The predicted octanol–water partition coefficient (Wildman–Crippen LogP) is 2.50. The molecule has 0 aromatic carbocycles. The lowest BCUT2D eigenvalue weighted by molar-refractivity contribution is 0.634. The van der Waals surface area contributed by atoms with Gasteiger partial charge in [-0.1, -0.05) is 26.3 Å². The molecule has 0 aliphatic carbocycles. The summed E-state index contributed by atoms with van der Waals surface area (Å²) >= 11 is 0. The van der Waals surface area contributed by atoms with Crippen LogP contribution >= 0.6 is 0 Å². The van der Waals surface area contributed by atoms with E-state index in [1.54, 1.807) is 6.08 Å². The molecule has 0 heterocycles. The lowest BCUT2D eigenvalue weighted by atomic mass is 10.1. The third-order valence-corrected chi connectivity index (χ3v) is 1.24. The Labute approximate surface area is 57.0 Å². The Hall–Kier alpha value is -0.770. The first kappa shape index (κ1) is 8.23. The van der Waals surface area contributed by atoms with Crippen molar-refractivity contribution in [3.05, 3.63) is 12.2 Å². The van der Waals surface area contributed by atoms with Gasteiger partial charge >= 0.3 is 0 Å². The lowest BCUT2D eigenvalue weighted by Gasteiger charge is -1.99. The van der Waals surface area contributed by atoms with Gasteiger partial charge in [-0.25, -0.2) is 0 Å². The van der Waals surface area contributed by atoms with E-state index in [1.807, 2.05) is 12.1 Å². The number of nitriles is 1. The molecule has 9 heavy (non-hydrogen) atoms. The van der Waals surface area contributed by atoms with Crippen molar-refractivity contribution in [1.29, 1.82) is 5.26 Å². The zero-order valence-corrected chi connectivity index (χ0v) is 6.09. The highest BCUT2D eigenvalue weighted by Gasteiger charge is 1.91.